The summed E-state index contributed by atoms with van der Waals surface area (Å²) in [7, 11) is 1.28. The molecule has 0 aromatic heterocycles. The molecule has 2 aromatic rings. The van der Waals surface area contributed by atoms with Gasteiger partial charge in [-0.15, -0.1) is 0 Å². The van der Waals surface area contributed by atoms with Crippen molar-refractivity contribution in [3.05, 3.63) is 70.8 Å². The predicted molar refractivity (Wildman–Crippen MR) is 132 cm³/mol. The van der Waals surface area contributed by atoms with E-state index in [1.807, 2.05) is 48.5 Å². The van der Waals surface area contributed by atoms with Gasteiger partial charge in [-0.1, -0.05) is 36.1 Å². The molecule has 7 nitrogen and oxygen atoms in total. The van der Waals surface area contributed by atoms with Gasteiger partial charge in [0, 0.05) is 17.3 Å². The number of aliphatic hydroxyl groups excluding tert-OH is 1. The highest BCUT2D eigenvalue weighted by Gasteiger charge is 2.38. The van der Waals surface area contributed by atoms with Crippen molar-refractivity contribution in [3.8, 4) is 11.8 Å². The lowest BCUT2D eigenvalue weighted by molar-refractivity contribution is -0.143. The van der Waals surface area contributed by atoms with E-state index >= 15 is 0 Å². The number of benzene rings is 2. The average molecular weight is 465 g/mol. The van der Waals surface area contributed by atoms with Gasteiger partial charge in [0.1, 0.15) is 5.60 Å². The van der Waals surface area contributed by atoms with E-state index in [2.05, 4.69) is 22.2 Å². The van der Waals surface area contributed by atoms with Crippen LogP contribution in [0, 0.1) is 11.8 Å². The molecule has 0 aliphatic heterocycles. The summed E-state index contributed by atoms with van der Waals surface area (Å²) in [4.78, 5) is 29.0. The fourth-order valence-electron chi connectivity index (χ4n) is 2.94. The van der Waals surface area contributed by atoms with Crippen molar-refractivity contribution >= 4 is 18.3 Å². The Kier molecular flexibility index (Phi) is 8.99. The molecule has 0 aliphatic rings. The van der Waals surface area contributed by atoms with Crippen LogP contribution in [-0.4, -0.2) is 47.7 Å². The number of methoxy groups -OCH3 is 1. The summed E-state index contributed by atoms with van der Waals surface area (Å²) in [6, 6.07) is 13.8. The molecule has 0 heterocycles. The molecular weight excluding hydrogens is 432 g/mol. The van der Waals surface area contributed by atoms with Crippen LogP contribution < -0.4 is 5.32 Å². The summed E-state index contributed by atoms with van der Waals surface area (Å²) >= 11 is 0. The first-order valence-electron chi connectivity index (χ1n) is 10.9. The Bertz CT molecular complexity index is 1070. The van der Waals surface area contributed by atoms with Gasteiger partial charge in [0.25, 0.3) is 0 Å². The minimum Gasteiger partial charge on any atom is -0.467 e. The van der Waals surface area contributed by atoms with E-state index in [1.54, 1.807) is 40.8 Å². The minimum absolute atomic E-state index is 0.00179. The summed E-state index contributed by atoms with van der Waals surface area (Å²) in [5.41, 5.74) is 1.55. The SMILES string of the molecule is COC(=O)C(N=Cc1ccc(C#Cc2ccc(CO)cc2)cc1)C(C)(C)NC(=O)OC(C)(C)C. The Balaban J connectivity index is 2.13. The highest BCUT2D eigenvalue weighted by atomic mass is 16.6. The van der Waals surface area contributed by atoms with Gasteiger partial charge in [-0.2, -0.15) is 0 Å². The standard InChI is InChI=1S/C27H32N2O5/c1-26(2,3)34-25(32)29-27(4,5)23(24(31)33-6)28-17-21-13-9-19(10-14-21)7-8-20-11-15-22(18-30)16-12-20/h9-17,23,30H,18H2,1-6H3,(H,29,32). The molecule has 7 heteroatoms. The van der Waals surface area contributed by atoms with E-state index in [1.165, 1.54) is 7.11 Å². The van der Waals surface area contributed by atoms with E-state index in [-0.39, 0.29) is 6.61 Å². The molecule has 0 bridgehead atoms. The van der Waals surface area contributed by atoms with Crippen LogP contribution in [0.3, 0.4) is 0 Å². The predicted octanol–water partition coefficient (Wildman–Crippen LogP) is 3.84. The third kappa shape index (κ3) is 8.38. The van der Waals surface area contributed by atoms with E-state index in [0.717, 1.165) is 22.3 Å². The molecule has 180 valence electrons. The van der Waals surface area contributed by atoms with Gasteiger partial charge in [-0.3, -0.25) is 4.99 Å². The Morgan fingerprint density at radius 2 is 1.53 bits per heavy atom. The van der Waals surface area contributed by atoms with Gasteiger partial charge in [-0.05, 0) is 70.0 Å². The summed E-state index contributed by atoms with van der Waals surface area (Å²) in [5.74, 6) is 5.59. The first kappa shape index (κ1) is 26.6. The second kappa shape index (κ2) is 11.5. The summed E-state index contributed by atoms with van der Waals surface area (Å²) in [5, 5.41) is 11.8. The molecule has 0 aliphatic carbocycles. The smallest absolute Gasteiger partial charge is 0.408 e. The monoisotopic (exact) mass is 464 g/mol. The molecule has 0 saturated heterocycles. The number of aliphatic hydroxyl groups is 1. The zero-order valence-corrected chi connectivity index (χ0v) is 20.5. The summed E-state index contributed by atoms with van der Waals surface area (Å²) in [6.45, 7) is 8.65. The van der Waals surface area contributed by atoms with Gasteiger partial charge >= 0.3 is 12.1 Å². The van der Waals surface area contributed by atoms with Gasteiger partial charge in [-0.25, -0.2) is 9.59 Å². The van der Waals surface area contributed by atoms with Gasteiger partial charge in [0.05, 0.1) is 19.3 Å². The molecule has 0 radical (unpaired) electrons. The van der Waals surface area contributed by atoms with Crippen molar-refractivity contribution in [1.82, 2.24) is 5.32 Å². The maximum Gasteiger partial charge on any atom is 0.408 e. The zero-order valence-electron chi connectivity index (χ0n) is 20.5. The van der Waals surface area contributed by atoms with Crippen LogP contribution in [-0.2, 0) is 20.9 Å². The molecule has 2 N–H and O–H groups in total. The first-order chi connectivity index (χ1) is 15.9. The third-order valence-electron chi connectivity index (χ3n) is 4.70. The van der Waals surface area contributed by atoms with E-state index in [4.69, 9.17) is 14.6 Å². The molecule has 1 unspecified atom stereocenters. The maximum absolute atomic E-state index is 12.4. The Hall–Kier alpha value is -3.63. The van der Waals surface area contributed by atoms with Crippen molar-refractivity contribution in [2.45, 2.75) is 58.4 Å². The lowest BCUT2D eigenvalue weighted by Gasteiger charge is -2.32. The average Bonchev–Trinajstić information content (AvgIpc) is 2.76. The van der Waals surface area contributed by atoms with Crippen LogP contribution >= 0.6 is 0 Å². The second-order valence-electron chi connectivity index (χ2n) is 9.28. The van der Waals surface area contributed by atoms with Crippen molar-refractivity contribution in [1.29, 1.82) is 0 Å². The molecule has 1 atom stereocenters. The summed E-state index contributed by atoms with van der Waals surface area (Å²) < 4.78 is 10.2. The quantitative estimate of drug-likeness (QED) is 0.385. The largest absolute Gasteiger partial charge is 0.467 e. The van der Waals surface area contributed by atoms with E-state index in [0.29, 0.717) is 0 Å². The molecule has 0 spiro atoms. The van der Waals surface area contributed by atoms with Crippen LogP contribution in [0.25, 0.3) is 0 Å². The number of rotatable bonds is 6. The van der Waals surface area contributed by atoms with Crippen LogP contribution in [0.2, 0.25) is 0 Å². The van der Waals surface area contributed by atoms with Crippen molar-refractivity contribution in [2.24, 2.45) is 4.99 Å². The van der Waals surface area contributed by atoms with Crippen molar-refractivity contribution in [3.63, 3.8) is 0 Å². The fourth-order valence-corrected chi connectivity index (χ4v) is 2.94. The van der Waals surface area contributed by atoms with Crippen LogP contribution in [0.5, 0.6) is 0 Å². The topological polar surface area (TPSA) is 97.2 Å². The lowest BCUT2D eigenvalue weighted by Crippen LogP contribution is -2.55. The normalized spacial score (nSPS) is 12.4. The highest BCUT2D eigenvalue weighted by molar-refractivity contribution is 5.85. The molecule has 2 aromatic carbocycles. The number of amides is 1. The molecule has 34 heavy (non-hydrogen) atoms. The molecule has 1 amide bonds. The summed E-state index contributed by atoms with van der Waals surface area (Å²) in [6.07, 6.45) is 0.917. The minimum atomic E-state index is -1.05. The molecule has 2 rings (SSSR count). The number of hydrogen-bond donors (Lipinski definition) is 2. The lowest BCUT2D eigenvalue weighted by atomic mass is 9.95. The van der Waals surface area contributed by atoms with Gasteiger partial charge in [0.2, 0.25) is 0 Å². The van der Waals surface area contributed by atoms with Crippen LogP contribution in [0.15, 0.2) is 53.5 Å². The zero-order chi connectivity index (χ0) is 25.4. The number of carbonyl (C=O) groups is 2. The molecule has 0 fully saturated rings. The number of nitrogens with zero attached hydrogens (tertiary/aromatic N) is 1. The van der Waals surface area contributed by atoms with E-state index in [9.17, 15) is 9.59 Å². The Morgan fingerprint density at radius 3 is 2.00 bits per heavy atom. The number of esters is 1. The molecule has 0 saturated carbocycles. The van der Waals surface area contributed by atoms with Crippen LogP contribution in [0.1, 0.15) is 56.9 Å². The van der Waals surface area contributed by atoms with E-state index < -0.39 is 29.2 Å². The second-order valence-corrected chi connectivity index (χ2v) is 9.28. The Morgan fingerprint density at radius 1 is 1.00 bits per heavy atom. The Labute approximate surface area is 201 Å². The first-order valence-corrected chi connectivity index (χ1v) is 10.9. The number of carbonyl (C=O) groups excluding carboxylic acids is 2. The van der Waals surface area contributed by atoms with Crippen molar-refractivity contribution < 1.29 is 24.2 Å². The fraction of sp³-hybridized carbons (Fsp3) is 0.370. The van der Waals surface area contributed by atoms with Crippen LogP contribution in [0.4, 0.5) is 4.79 Å². The number of nitrogens with one attached hydrogen (secondary N) is 1. The number of ether oxygens (including phenoxy) is 2. The van der Waals surface area contributed by atoms with Gasteiger partial charge < -0.3 is 19.9 Å². The third-order valence-corrected chi connectivity index (χ3v) is 4.70. The maximum atomic E-state index is 12.4. The molecular formula is C27H32N2O5. The number of aliphatic imine (C=N–C) groups is 1. The highest BCUT2D eigenvalue weighted by Crippen LogP contribution is 2.17. The number of alkyl carbamates (subject to hydrolysis) is 1. The van der Waals surface area contributed by atoms with Crippen molar-refractivity contribution in [2.75, 3.05) is 7.11 Å². The van der Waals surface area contributed by atoms with Gasteiger partial charge in [0.15, 0.2) is 6.04 Å². The number of hydrogen-bond acceptors (Lipinski definition) is 6.